The molecule has 1 saturated heterocycles. The van der Waals surface area contributed by atoms with E-state index in [9.17, 15) is 10.1 Å². The molecule has 1 atom stereocenters. The van der Waals surface area contributed by atoms with Crippen molar-refractivity contribution in [2.24, 2.45) is 5.92 Å². The lowest BCUT2D eigenvalue weighted by Gasteiger charge is -2.34. The third-order valence-electron chi connectivity index (χ3n) is 4.36. The first kappa shape index (κ1) is 13.8. The van der Waals surface area contributed by atoms with Crippen molar-refractivity contribution in [1.82, 2.24) is 4.98 Å². The van der Waals surface area contributed by atoms with Gasteiger partial charge in [0.15, 0.2) is 0 Å². The van der Waals surface area contributed by atoms with Crippen molar-refractivity contribution >= 4 is 22.3 Å². The highest BCUT2D eigenvalue weighted by Crippen LogP contribution is 2.34. The van der Waals surface area contributed by atoms with Crippen molar-refractivity contribution in [1.29, 1.82) is 0 Å². The van der Waals surface area contributed by atoms with Crippen LogP contribution < -0.4 is 4.90 Å². The Morgan fingerprint density at radius 2 is 2.29 bits per heavy atom. The number of non-ortho nitro benzene ring substituents is 1. The Kier molecular flexibility index (Phi) is 3.73. The molecule has 1 aromatic heterocycles. The molecule has 0 bridgehead atoms. The van der Waals surface area contributed by atoms with Gasteiger partial charge in [-0.05, 0) is 37.0 Å². The van der Waals surface area contributed by atoms with Gasteiger partial charge in [-0.2, -0.15) is 0 Å². The number of nitro groups is 1. The molecule has 0 aliphatic carbocycles. The number of hydrogen-bond acceptors (Lipinski definition) is 4. The number of nitro benzene ring substituents is 1. The molecule has 2 heterocycles. The number of nitrogens with zero attached hydrogens (tertiary/aromatic N) is 3. The molecule has 3 rings (SSSR count). The van der Waals surface area contributed by atoms with Crippen molar-refractivity contribution < 1.29 is 4.92 Å². The molecule has 0 saturated carbocycles. The third-order valence-corrected chi connectivity index (χ3v) is 4.36. The van der Waals surface area contributed by atoms with Crippen molar-refractivity contribution in [2.75, 3.05) is 18.0 Å². The lowest BCUT2D eigenvalue weighted by molar-refractivity contribution is -0.383. The standard InChI is InChI=1S/C16H19N3O2/c1-2-12-5-4-10-18(11-12)15-8-7-14(19(20)21)13-6-3-9-17-16(13)15/h3,6-9,12H,2,4-5,10-11H2,1H3/t12-/m1/s1. The number of anilines is 1. The summed E-state index contributed by atoms with van der Waals surface area (Å²) < 4.78 is 0. The molecule has 1 aliphatic rings. The number of rotatable bonds is 3. The van der Waals surface area contributed by atoms with Crippen LogP contribution in [0.1, 0.15) is 26.2 Å². The van der Waals surface area contributed by atoms with Gasteiger partial charge in [0.2, 0.25) is 0 Å². The van der Waals surface area contributed by atoms with E-state index in [1.807, 2.05) is 6.07 Å². The van der Waals surface area contributed by atoms with Crippen LogP contribution in [-0.4, -0.2) is 23.0 Å². The molecule has 21 heavy (non-hydrogen) atoms. The van der Waals surface area contributed by atoms with Crippen molar-refractivity contribution in [2.45, 2.75) is 26.2 Å². The molecular weight excluding hydrogens is 266 g/mol. The summed E-state index contributed by atoms with van der Waals surface area (Å²) >= 11 is 0. The summed E-state index contributed by atoms with van der Waals surface area (Å²) in [7, 11) is 0. The largest absolute Gasteiger partial charge is 0.369 e. The number of pyridine rings is 1. The van der Waals surface area contributed by atoms with Crippen LogP contribution >= 0.6 is 0 Å². The first-order chi connectivity index (χ1) is 10.2. The molecule has 0 unspecified atom stereocenters. The Hall–Kier alpha value is -2.17. The van der Waals surface area contributed by atoms with Gasteiger partial charge in [-0.3, -0.25) is 15.1 Å². The minimum Gasteiger partial charge on any atom is -0.369 e. The fourth-order valence-corrected chi connectivity index (χ4v) is 3.17. The summed E-state index contributed by atoms with van der Waals surface area (Å²) in [5.41, 5.74) is 1.89. The van der Waals surface area contributed by atoms with Crippen LogP contribution in [0.2, 0.25) is 0 Å². The Morgan fingerprint density at radius 1 is 1.43 bits per heavy atom. The van der Waals surface area contributed by atoms with E-state index in [1.165, 1.54) is 19.3 Å². The summed E-state index contributed by atoms with van der Waals surface area (Å²) in [5.74, 6) is 0.702. The van der Waals surface area contributed by atoms with Crippen LogP contribution in [0.15, 0.2) is 30.5 Å². The third kappa shape index (κ3) is 2.55. The Labute approximate surface area is 123 Å². The number of hydrogen-bond donors (Lipinski definition) is 0. The van der Waals surface area contributed by atoms with Crippen LogP contribution in [0, 0.1) is 16.0 Å². The summed E-state index contributed by atoms with van der Waals surface area (Å²) in [6, 6.07) is 7.00. The highest BCUT2D eigenvalue weighted by molar-refractivity contribution is 5.97. The molecule has 5 nitrogen and oxygen atoms in total. The molecular formula is C16H19N3O2. The van der Waals surface area contributed by atoms with Gasteiger partial charge < -0.3 is 4.90 Å². The molecule has 2 aromatic rings. The maximum absolute atomic E-state index is 11.2. The van der Waals surface area contributed by atoms with E-state index in [2.05, 4.69) is 16.8 Å². The highest BCUT2D eigenvalue weighted by atomic mass is 16.6. The predicted molar refractivity (Wildman–Crippen MR) is 83.6 cm³/mol. The van der Waals surface area contributed by atoms with Gasteiger partial charge in [0.05, 0.1) is 16.0 Å². The minimum absolute atomic E-state index is 0.130. The Morgan fingerprint density at radius 3 is 3.05 bits per heavy atom. The first-order valence-electron chi connectivity index (χ1n) is 7.47. The SMILES string of the molecule is CC[C@@H]1CCCN(c2ccc([N+](=O)[O-])c3cccnc23)C1. The second-order valence-corrected chi connectivity index (χ2v) is 5.62. The molecule has 1 aliphatic heterocycles. The predicted octanol–water partition coefficient (Wildman–Crippen LogP) is 3.77. The van der Waals surface area contributed by atoms with Gasteiger partial charge in [0.25, 0.3) is 5.69 Å². The summed E-state index contributed by atoms with van der Waals surface area (Å²) in [6.07, 6.45) is 5.32. The monoisotopic (exact) mass is 285 g/mol. The quantitative estimate of drug-likeness (QED) is 0.636. The Balaban J connectivity index is 2.07. The molecule has 5 heteroatoms. The molecule has 0 radical (unpaired) electrons. The fraction of sp³-hybridized carbons (Fsp3) is 0.438. The van der Waals surface area contributed by atoms with Crippen LogP contribution in [0.3, 0.4) is 0 Å². The van der Waals surface area contributed by atoms with Gasteiger partial charge in [-0.25, -0.2) is 0 Å². The zero-order valence-corrected chi connectivity index (χ0v) is 12.2. The van der Waals surface area contributed by atoms with Gasteiger partial charge in [0, 0.05) is 25.4 Å². The van der Waals surface area contributed by atoms with Crippen molar-refractivity contribution in [3.05, 3.63) is 40.6 Å². The van der Waals surface area contributed by atoms with Crippen LogP contribution in [0.4, 0.5) is 11.4 Å². The smallest absolute Gasteiger partial charge is 0.278 e. The zero-order valence-electron chi connectivity index (χ0n) is 12.2. The molecule has 0 N–H and O–H groups in total. The summed E-state index contributed by atoms with van der Waals surface area (Å²) in [6.45, 7) is 4.24. The first-order valence-corrected chi connectivity index (χ1v) is 7.47. The molecule has 1 fully saturated rings. The average molecular weight is 285 g/mol. The Bertz CT molecular complexity index is 672. The van der Waals surface area contributed by atoms with E-state index in [-0.39, 0.29) is 10.6 Å². The zero-order chi connectivity index (χ0) is 14.8. The number of benzene rings is 1. The second kappa shape index (κ2) is 5.68. The maximum atomic E-state index is 11.2. The van der Waals surface area contributed by atoms with Crippen molar-refractivity contribution in [3.63, 3.8) is 0 Å². The van der Waals surface area contributed by atoms with E-state index in [4.69, 9.17) is 0 Å². The molecule has 0 amide bonds. The van der Waals surface area contributed by atoms with Gasteiger partial charge >= 0.3 is 0 Å². The van der Waals surface area contributed by atoms with Gasteiger partial charge in [-0.1, -0.05) is 13.3 Å². The van der Waals surface area contributed by atoms with Crippen LogP contribution in [-0.2, 0) is 0 Å². The molecule has 110 valence electrons. The van der Waals surface area contributed by atoms with E-state index in [1.54, 1.807) is 24.4 Å². The van der Waals surface area contributed by atoms with E-state index < -0.39 is 0 Å². The van der Waals surface area contributed by atoms with E-state index >= 15 is 0 Å². The topological polar surface area (TPSA) is 59.3 Å². The van der Waals surface area contributed by atoms with E-state index in [0.717, 1.165) is 24.3 Å². The number of fused-ring (bicyclic) bond motifs is 1. The molecule has 0 spiro atoms. The fourth-order valence-electron chi connectivity index (χ4n) is 3.17. The normalized spacial score (nSPS) is 18.9. The average Bonchev–Trinajstić information content (AvgIpc) is 2.53. The summed E-state index contributed by atoms with van der Waals surface area (Å²) in [5, 5.41) is 11.8. The lowest BCUT2D eigenvalue weighted by Crippen LogP contribution is -2.35. The highest BCUT2D eigenvalue weighted by Gasteiger charge is 2.23. The molecule has 1 aromatic carbocycles. The van der Waals surface area contributed by atoms with E-state index in [0.29, 0.717) is 11.3 Å². The van der Waals surface area contributed by atoms with Crippen LogP contribution in [0.25, 0.3) is 10.9 Å². The maximum Gasteiger partial charge on any atom is 0.278 e. The second-order valence-electron chi connectivity index (χ2n) is 5.62. The summed E-state index contributed by atoms with van der Waals surface area (Å²) in [4.78, 5) is 17.6. The van der Waals surface area contributed by atoms with Gasteiger partial charge in [-0.15, -0.1) is 0 Å². The van der Waals surface area contributed by atoms with Crippen LogP contribution in [0.5, 0.6) is 0 Å². The number of piperidine rings is 1. The minimum atomic E-state index is -0.334. The van der Waals surface area contributed by atoms with Crippen molar-refractivity contribution in [3.8, 4) is 0 Å². The number of aromatic nitrogens is 1. The lowest BCUT2D eigenvalue weighted by atomic mass is 9.95. The van der Waals surface area contributed by atoms with Gasteiger partial charge in [0.1, 0.15) is 5.52 Å².